The number of hydrogen-bond acceptors (Lipinski definition) is 4. The molecule has 1 spiro atoms. The average Bonchev–Trinajstić information content (AvgIpc) is 3.02. The van der Waals surface area contributed by atoms with Gasteiger partial charge in [0.1, 0.15) is 0 Å². The van der Waals surface area contributed by atoms with Crippen LogP contribution in [0.25, 0.3) is 0 Å². The summed E-state index contributed by atoms with van der Waals surface area (Å²) < 4.78 is 5.29. The molecule has 17 heavy (non-hydrogen) atoms. The monoisotopic (exact) mass is 239 g/mol. The van der Waals surface area contributed by atoms with Crippen LogP contribution < -0.4 is 5.32 Å². The van der Waals surface area contributed by atoms with Gasteiger partial charge in [-0.3, -0.25) is 4.79 Å². The van der Waals surface area contributed by atoms with Crippen LogP contribution in [0.1, 0.15) is 33.6 Å². The number of carbonyl (C=O) groups is 2. The molecule has 2 aliphatic heterocycles. The quantitative estimate of drug-likeness (QED) is 0.663. The van der Waals surface area contributed by atoms with E-state index in [0.717, 1.165) is 12.8 Å². The zero-order valence-electron chi connectivity index (χ0n) is 10.2. The Hall–Kier alpha value is -1.10. The molecule has 1 aliphatic carbocycles. The van der Waals surface area contributed by atoms with Crippen molar-refractivity contribution >= 4 is 11.9 Å². The molecule has 5 nitrogen and oxygen atoms in total. The van der Waals surface area contributed by atoms with Crippen LogP contribution in [0.3, 0.4) is 0 Å². The summed E-state index contributed by atoms with van der Waals surface area (Å²) in [7, 11) is 0. The lowest BCUT2D eigenvalue weighted by Gasteiger charge is -2.54. The van der Waals surface area contributed by atoms with Crippen molar-refractivity contribution in [3.63, 3.8) is 0 Å². The Bertz CT molecular complexity index is 428. The van der Waals surface area contributed by atoms with Gasteiger partial charge in [0.25, 0.3) is 0 Å². The molecule has 3 aliphatic rings. The number of fused-ring (bicyclic) bond motifs is 2. The minimum atomic E-state index is -1.23. The molecule has 1 amide bonds. The van der Waals surface area contributed by atoms with Crippen molar-refractivity contribution in [3.8, 4) is 0 Å². The minimum Gasteiger partial charge on any atom is -0.453 e. The summed E-state index contributed by atoms with van der Waals surface area (Å²) in [6, 6.07) is 0. The molecule has 0 aromatic rings. The maximum atomic E-state index is 12.0. The maximum Gasteiger partial charge on any atom is 0.339 e. The first-order valence-electron chi connectivity index (χ1n) is 6.06. The zero-order chi connectivity index (χ0) is 12.6. The van der Waals surface area contributed by atoms with Gasteiger partial charge in [0.15, 0.2) is 5.60 Å². The van der Waals surface area contributed by atoms with Crippen molar-refractivity contribution in [2.24, 2.45) is 11.3 Å². The second kappa shape index (κ2) is 2.66. The number of aliphatic hydroxyl groups is 1. The summed E-state index contributed by atoms with van der Waals surface area (Å²) >= 11 is 0. The molecule has 3 fully saturated rings. The number of amides is 1. The Morgan fingerprint density at radius 2 is 1.94 bits per heavy atom. The van der Waals surface area contributed by atoms with Gasteiger partial charge in [-0.15, -0.1) is 0 Å². The third-order valence-corrected chi connectivity index (χ3v) is 4.85. The highest BCUT2D eigenvalue weighted by atomic mass is 16.6. The second-order valence-corrected chi connectivity index (χ2v) is 5.96. The van der Waals surface area contributed by atoms with Gasteiger partial charge in [0.05, 0.1) is 11.5 Å². The van der Waals surface area contributed by atoms with Crippen LogP contribution in [0, 0.1) is 11.3 Å². The van der Waals surface area contributed by atoms with Crippen molar-refractivity contribution in [2.45, 2.75) is 50.9 Å². The predicted octanol–water partition coefficient (Wildman–Crippen LogP) is -0.0324. The van der Waals surface area contributed by atoms with E-state index in [-0.39, 0.29) is 11.8 Å². The molecule has 94 valence electrons. The summed E-state index contributed by atoms with van der Waals surface area (Å²) in [5.41, 5.74) is -2.69. The molecule has 3 atom stereocenters. The molecule has 5 heteroatoms. The van der Waals surface area contributed by atoms with E-state index in [4.69, 9.17) is 4.74 Å². The number of nitrogens with one attached hydrogen (secondary N) is 1. The van der Waals surface area contributed by atoms with Crippen molar-refractivity contribution in [3.05, 3.63) is 0 Å². The highest BCUT2D eigenvalue weighted by Crippen LogP contribution is 2.68. The first-order chi connectivity index (χ1) is 7.82. The summed E-state index contributed by atoms with van der Waals surface area (Å²) in [4.78, 5) is 23.9. The van der Waals surface area contributed by atoms with E-state index < -0.39 is 28.6 Å². The number of carbonyl (C=O) groups excluding carboxylic acids is 2. The van der Waals surface area contributed by atoms with E-state index in [1.54, 1.807) is 6.92 Å². The lowest BCUT2D eigenvalue weighted by atomic mass is 9.65. The van der Waals surface area contributed by atoms with Crippen molar-refractivity contribution in [1.29, 1.82) is 0 Å². The van der Waals surface area contributed by atoms with Gasteiger partial charge in [0.2, 0.25) is 11.4 Å². The number of ether oxygens (including phenoxy) is 1. The van der Waals surface area contributed by atoms with E-state index in [1.165, 1.54) is 0 Å². The predicted molar refractivity (Wildman–Crippen MR) is 57.9 cm³/mol. The summed E-state index contributed by atoms with van der Waals surface area (Å²) in [5.74, 6) is -0.764. The van der Waals surface area contributed by atoms with Crippen LogP contribution in [0.5, 0.6) is 0 Å². The SMILES string of the molecule is CC(C)[C@H](O)C12NC(=O)C3(CC3)[C@]1(C)OC2=O. The van der Waals surface area contributed by atoms with Crippen LogP contribution in [-0.4, -0.2) is 34.2 Å². The molecule has 3 rings (SSSR count). The Morgan fingerprint density at radius 1 is 1.35 bits per heavy atom. The summed E-state index contributed by atoms with van der Waals surface area (Å²) in [6.07, 6.45) is 0.558. The lowest BCUT2D eigenvalue weighted by molar-refractivity contribution is -0.241. The first kappa shape index (κ1) is 11.0. The number of aliphatic hydroxyl groups excluding tert-OH is 1. The molecular weight excluding hydrogens is 222 g/mol. The molecule has 2 N–H and O–H groups in total. The highest BCUT2D eigenvalue weighted by molar-refractivity contribution is 6.05. The fourth-order valence-electron chi connectivity index (χ4n) is 3.46. The third kappa shape index (κ3) is 0.853. The standard InChI is InChI=1S/C12H17NO4/c1-6(2)7(14)12-9(16)17-10(12,3)11(4-5-11)8(15)13-12/h6-7,14H,4-5H2,1-3H3,(H,13,15)/t7-,10-,12?/m0/s1. The van der Waals surface area contributed by atoms with Crippen molar-refractivity contribution in [2.75, 3.05) is 0 Å². The second-order valence-electron chi connectivity index (χ2n) is 5.96. The van der Waals surface area contributed by atoms with Crippen LogP contribution >= 0.6 is 0 Å². The van der Waals surface area contributed by atoms with E-state index >= 15 is 0 Å². The molecule has 1 unspecified atom stereocenters. The van der Waals surface area contributed by atoms with Crippen LogP contribution in [-0.2, 0) is 14.3 Å². The number of esters is 1. The Morgan fingerprint density at radius 3 is 2.35 bits per heavy atom. The number of rotatable bonds is 2. The minimum absolute atomic E-state index is 0.114. The smallest absolute Gasteiger partial charge is 0.339 e. The molecule has 0 bridgehead atoms. The van der Waals surface area contributed by atoms with Crippen LogP contribution in [0.2, 0.25) is 0 Å². The van der Waals surface area contributed by atoms with E-state index in [9.17, 15) is 14.7 Å². The summed E-state index contributed by atoms with van der Waals surface area (Å²) in [5, 5.41) is 13.0. The zero-order valence-corrected chi connectivity index (χ0v) is 10.2. The molecule has 0 radical (unpaired) electrons. The molecule has 2 heterocycles. The molecule has 2 saturated heterocycles. The van der Waals surface area contributed by atoms with Gasteiger partial charge in [-0.05, 0) is 25.7 Å². The Balaban J connectivity index is 2.09. The Labute approximate surface area is 99.5 Å². The Kier molecular flexibility index (Phi) is 1.72. The van der Waals surface area contributed by atoms with Gasteiger partial charge in [-0.25, -0.2) is 4.79 Å². The van der Waals surface area contributed by atoms with Crippen LogP contribution in [0.4, 0.5) is 0 Å². The van der Waals surface area contributed by atoms with Gasteiger partial charge >= 0.3 is 5.97 Å². The molecular formula is C12H17NO4. The fourth-order valence-corrected chi connectivity index (χ4v) is 3.46. The number of hydrogen-bond donors (Lipinski definition) is 2. The summed E-state index contributed by atoms with van der Waals surface area (Å²) in [6.45, 7) is 5.43. The topological polar surface area (TPSA) is 75.6 Å². The average molecular weight is 239 g/mol. The maximum absolute atomic E-state index is 12.0. The van der Waals surface area contributed by atoms with E-state index in [0.29, 0.717) is 0 Å². The van der Waals surface area contributed by atoms with Gasteiger partial charge < -0.3 is 15.2 Å². The largest absolute Gasteiger partial charge is 0.453 e. The van der Waals surface area contributed by atoms with Gasteiger partial charge in [-0.2, -0.15) is 0 Å². The van der Waals surface area contributed by atoms with E-state index in [1.807, 2.05) is 13.8 Å². The van der Waals surface area contributed by atoms with Gasteiger partial charge in [0, 0.05) is 0 Å². The lowest BCUT2D eigenvalue weighted by Crippen LogP contribution is -2.80. The van der Waals surface area contributed by atoms with Crippen molar-refractivity contribution in [1.82, 2.24) is 5.32 Å². The molecule has 0 aromatic heterocycles. The van der Waals surface area contributed by atoms with E-state index in [2.05, 4.69) is 5.32 Å². The molecule has 0 aromatic carbocycles. The molecule has 1 saturated carbocycles. The third-order valence-electron chi connectivity index (χ3n) is 4.85. The highest BCUT2D eigenvalue weighted by Gasteiger charge is 2.87. The first-order valence-corrected chi connectivity index (χ1v) is 6.06. The fraction of sp³-hybridized carbons (Fsp3) is 0.833. The van der Waals surface area contributed by atoms with Crippen molar-refractivity contribution < 1.29 is 19.4 Å². The van der Waals surface area contributed by atoms with Crippen LogP contribution in [0.15, 0.2) is 0 Å². The van der Waals surface area contributed by atoms with Gasteiger partial charge in [-0.1, -0.05) is 13.8 Å². The normalized spacial score (nSPS) is 42.9.